The molecule has 1 aliphatic carbocycles. The number of carbonyl (C=O) groups excluding carboxylic acids is 2. The van der Waals surface area contributed by atoms with Gasteiger partial charge in [-0.3, -0.25) is 9.59 Å². The van der Waals surface area contributed by atoms with Crippen molar-refractivity contribution in [2.75, 3.05) is 40.9 Å². The third-order valence-electron chi connectivity index (χ3n) is 8.16. The fourth-order valence-corrected chi connectivity index (χ4v) is 5.94. The van der Waals surface area contributed by atoms with Crippen molar-refractivity contribution in [3.8, 4) is 11.5 Å². The topological polar surface area (TPSA) is 79.3 Å². The summed E-state index contributed by atoms with van der Waals surface area (Å²) < 4.78 is 53.3. The molecule has 11 heteroatoms. The predicted molar refractivity (Wildman–Crippen MR) is 143 cm³/mol. The molecule has 1 aliphatic heterocycles. The van der Waals surface area contributed by atoms with Crippen LogP contribution in [0.3, 0.4) is 0 Å². The SMILES string of the molecule is COc1ccccc1C(O)(C(=O)N1CCC2(CC1)C[C@@H]2CCCOc1ccc(C(=O)N(C)C)c(Cl)c1)C(F)(F)F. The number of likely N-dealkylation sites (tertiary alicyclic amines) is 1. The zero-order valence-corrected chi connectivity index (χ0v) is 23.5. The molecule has 1 saturated carbocycles. The molecule has 0 radical (unpaired) electrons. The monoisotopic (exact) mass is 582 g/mol. The minimum atomic E-state index is -5.22. The van der Waals surface area contributed by atoms with Crippen LogP contribution in [0, 0.1) is 11.3 Å². The second-order valence-corrected chi connectivity index (χ2v) is 11.2. The maximum absolute atomic E-state index is 14.2. The second-order valence-electron chi connectivity index (χ2n) is 10.8. The number of alkyl halides is 3. The second kappa shape index (κ2) is 11.5. The third-order valence-corrected chi connectivity index (χ3v) is 8.48. The van der Waals surface area contributed by atoms with Crippen LogP contribution >= 0.6 is 11.6 Å². The first-order valence-electron chi connectivity index (χ1n) is 13.2. The van der Waals surface area contributed by atoms with Crippen LogP contribution in [0.2, 0.25) is 5.02 Å². The molecular formula is C29H34ClF3N2O5. The molecule has 0 aromatic heterocycles. The molecule has 1 N–H and O–H groups in total. The van der Waals surface area contributed by atoms with Crippen LogP contribution in [-0.2, 0) is 10.4 Å². The minimum absolute atomic E-state index is 0.00899. The number of carbonyl (C=O) groups is 2. The van der Waals surface area contributed by atoms with E-state index in [1.807, 2.05) is 0 Å². The van der Waals surface area contributed by atoms with Gasteiger partial charge in [-0.25, -0.2) is 0 Å². The molecule has 0 bridgehead atoms. The molecule has 1 saturated heterocycles. The van der Waals surface area contributed by atoms with Crippen molar-refractivity contribution in [3.63, 3.8) is 0 Å². The highest BCUT2D eigenvalue weighted by molar-refractivity contribution is 6.34. The lowest BCUT2D eigenvalue weighted by atomic mass is 9.86. The van der Waals surface area contributed by atoms with Gasteiger partial charge in [0.1, 0.15) is 11.5 Å². The number of aliphatic hydroxyl groups is 1. The Bertz CT molecular complexity index is 1250. The van der Waals surface area contributed by atoms with Gasteiger partial charge in [0.25, 0.3) is 17.4 Å². The Hall–Kier alpha value is -2.98. The Kier molecular flexibility index (Phi) is 8.61. The lowest BCUT2D eigenvalue weighted by Gasteiger charge is -2.39. The quantitative estimate of drug-likeness (QED) is 0.407. The van der Waals surface area contributed by atoms with E-state index >= 15 is 0 Å². The number of piperidine rings is 1. The van der Waals surface area contributed by atoms with E-state index in [2.05, 4.69) is 0 Å². The van der Waals surface area contributed by atoms with E-state index in [1.54, 1.807) is 32.3 Å². The van der Waals surface area contributed by atoms with Gasteiger partial charge in [0.05, 0.1) is 24.3 Å². The number of ether oxygens (including phenoxy) is 2. The van der Waals surface area contributed by atoms with Gasteiger partial charge < -0.3 is 24.4 Å². The molecule has 2 fully saturated rings. The highest BCUT2D eigenvalue weighted by Gasteiger charge is 2.64. The average Bonchev–Trinajstić information content (AvgIpc) is 3.60. The summed E-state index contributed by atoms with van der Waals surface area (Å²) in [7, 11) is 4.50. The smallest absolute Gasteiger partial charge is 0.430 e. The van der Waals surface area contributed by atoms with E-state index in [4.69, 9.17) is 21.1 Å². The van der Waals surface area contributed by atoms with Gasteiger partial charge in [-0.05, 0) is 67.7 Å². The Balaban J connectivity index is 1.29. The Labute approximate surface area is 236 Å². The summed E-state index contributed by atoms with van der Waals surface area (Å²) in [5, 5.41) is 11.2. The summed E-state index contributed by atoms with van der Waals surface area (Å²) in [5.74, 6) is -0.778. The molecule has 40 heavy (non-hydrogen) atoms. The number of hydrogen-bond acceptors (Lipinski definition) is 5. The first kappa shape index (κ1) is 30.0. The highest BCUT2D eigenvalue weighted by Crippen LogP contribution is 2.61. The van der Waals surface area contributed by atoms with E-state index < -0.39 is 23.2 Å². The molecule has 2 aliphatic rings. The van der Waals surface area contributed by atoms with Crippen LogP contribution in [0.15, 0.2) is 42.5 Å². The highest BCUT2D eigenvalue weighted by atomic mass is 35.5. The summed E-state index contributed by atoms with van der Waals surface area (Å²) in [5.41, 5.74) is -3.89. The number of amides is 2. The van der Waals surface area contributed by atoms with Crippen molar-refractivity contribution < 1.29 is 37.3 Å². The number of halogens is 4. The number of nitrogens with zero attached hydrogens (tertiary/aromatic N) is 2. The Morgan fingerprint density at radius 2 is 1.82 bits per heavy atom. The number of methoxy groups -OCH3 is 1. The van der Waals surface area contributed by atoms with Gasteiger partial charge in [-0.15, -0.1) is 0 Å². The van der Waals surface area contributed by atoms with Gasteiger partial charge in [0.2, 0.25) is 0 Å². The zero-order valence-electron chi connectivity index (χ0n) is 22.8. The summed E-state index contributed by atoms with van der Waals surface area (Å²) in [4.78, 5) is 27.9. The molecule has 7 nitrogen and oxygen atoms in total. The van der Waals surface area contributed by atoms with Crippen LogP contribution in [0.4, 0.5) is 13.2 Å². The first-order valence-corrected chi connectivity index (χ1v) is 13.6. The summed E-state index contributed by atoms with van der Waals surface area (Å²) >= 11 is 6.24. The van der Waals surface area contributed by atoms with E-state index in [0.29, 0.717) is 41.7 Å². The Morgan fingerprint density at radius 1 is 1.15 bits per heavy atom. The number of benzene rings is 2. The lowest BCUT2D eigenvalue weighted by Crippen LogP contribution is -2.57. The van der Waals surface area contributed by atoms with E-state index in [-0.39, 0.29) is 30.2 Å². The van der Waals surface area contributed by atoms with Gasteiger partial charge >= 0.3 is 6.18 Å². The zero-order chi connectivity index (χ0) is 29.3. The van der Waals surface area contributed by atoms with Crippen LogP contribution in [0.1, 0.15) is 48.0 Å². The van der Waals surface area contributed by atoms with Crippen molar-refractivity contribution >= 4 is 23.4 Å². The summed E-state index contributed by atoms with van der Waals surface area (Å²) in [6.45, 7) is 0.762. The van der Waals surface area contributed by atoms with Gasteiger partial charge in [0.15, 0.2) is 0 Å². The van der Waals surface area contributed by atoms with Crippen LogP contribution < -0.4 is 9.47 Å². The molecule has 1 spiro atoms. The third kappa shape index (κ3) is 5.74. The van der Waals surface area contributed by atoms with E-state index in [0.717, 1.165) is 30.2 Å². The molecular weight excluding hydrogens is 549 g/mol. The number of hydrogen-bond donors (Lipinski definition) is 1. The molecule has 2 aromatic carbocycles. The van der Waals surface area contributed by atoms with Crippen molar-refractivity contribution in [3.05, 3.63) is 58.6 Å². The molecule has 2 atom stereocenters. The molecule has 1 unspecified atom stereocenters. The normalized spacial score (nSPS) is 19.6. The lowest BCUT2D eigenvalue weighted by molar-refractivity contribution is -0.262. The first-order chi connectivity index (χ1) is 18.8. The summed E-state index contributed by atoms with van der Waals surface area (Å²) in [6, 6.07) is 10.1. The van der Waals surface area contributed by atoms with Crippen LogP contribution in [0.25, 0.3) is 0 Å². The van der Waals surface area contributed by atoms with Crippen molar-refractivity contribution in [2.45, 2.75) is 43.9 Å². The van der Waals surface area contributed by atoms with Crippen molar-refractivity contribution in [2.24, 2.45) is 11.3 Å². The number of para-hydroxylation sites is 1. The molecule has 218 valence electrons. The maximum atomic E-state index is 14.2. The Morgan fingerprint density at radius 3 is 2.42 bits per heavy atom. The van der Waals surface area contributed by atoms with E-state index in [1.165, 1.54) is 30.2 Å². The fourth-order valence-electron chi connectivity index (χ4n) is 5.69. The van der Waals surface area contributed by atoms with E-state index in [9.17, 15) is 27.9 Å². The fraction of sp³-hybridized carbons (Fsp3) is 0.517. The van der Waals surface area contributed by atoms with Crippen LogP contribution in [-0.4, -0.2) is 73.8 Å². The minimum Gasteiger partial charge on any atom is -0.496 e. The average molecular weight is 583 g/mol. The molecule has 1 heterocycles. The number of rotatable bonds is 9. The largest absolute Gasteiger partial charge is 0.496 e. The van der Waals surface area contributed by atoms with Gasteiger partial charge in [-0.2, -0.15) is 13.2 Å². The van der Waals surface area contributed by atoms with Gasteiger partial charge in [0, 0.05) is 32.7 Å². The maximum Gasteiger partial charge on any atom is 0.430 e. The molecule has 2 aromatic rings. The molecule has 4 rings (SSSR count). The van der Waals surface area contributed by atoms with Crippen LogP contribution in [0.5, 0.6) is 11.5 Å². The summed E-state index contributed by atoms with van der Waals surface area (Å²) in [6.07, 6.45) is -1.41. The van der Waals surface area contributed by atoms with Crippen molar-refractivity contribution in [1.29, 1.82) is 0 Å². The standard InChI is InChI=1S/C29H34ClF3N2O5/c1-34(2)25(36)21-11-10-20(17-23(21)30)40-16-6-7-19-18-27(19)12-14-35(15-13-27)26(37)28(38,29(31,32)33)22-8-4-5-9-24(22)39-3/h4-5,8-11,17,19,38H,6-7,12-16,18H2,1-3H3/t19-,28?/m0/s1. The molecule has 2 amide bonds. The van der Waals surface area contributed by atoms with Crippen molar-refractivity contribution in [1.82, 2.24) is 9.80 Å². The van der Waals surface area contributed by atoms with Gasteiger partial charge in [-0.1, -0.05) is 29.8 Å². The predicted octanol–water partition coefficient (Wildman–Crippen LogP) is 5.29.